The SMILES string of the molecule is CCC(NC(=O)Nc1cc(C(F)(F)F)ccc1Cl)C12CC3CC(CC(C3)C1)C2. The molecule has 0 saturated heterocycles. The number of anilines is 1. The summed E-state index contributed by atoms with van der Waals surface area (Å²) in [6, 6.07) is 2.51. The normalized spacial score (nSPS) is 32.2. The Balaban J connectivity index is 1.47. The van der Waals surface area contributed by atoms with Gasteiger partial charge in [-0.2, -0.15) is 13.2 Å². The molecule has 28 heavy (non-hydrogen) atoms. The summed E-state index contributed by atoms with van der Waals surface area (Å²) in [5, 5.41) is 5.69. The quantitative estimate of drug-likeness (QED) is 0.582. The van der Waals surface area contributed by atoms with Gasteiger partial charge in [0.05, 0.1) is 16.3 Å². The minimum Gasteiger partial charge on any atom is -0.335 e. The zero-order chi connectivity index (χ0) is 20.1. The number of urea groups is 1. The average molecular weight is 415 g/mol. The standard InChI is InChI=1S/C21H26ClF3N2O/c1-2-18(20-9-12-5-13(10-20)7-14(6-12)11-20)27-19(28)26-17-8-15(21(23,24)25)3-4-16(17)22/h3-4,8,12-14,18H,2,5-7,9-11H2,1H3,(H2,26,27,28). The highest BCUT2D eigenvalue weighted by Gasteiger charge is 2.54. The van der Waals surface area contributed by atoms with Crippen molar-refractivity contribution in [2.75, 3.05) is 5.32 Å². The van der Waals surface area contributed by atoms with Gasteiger partial charge in [0, 0.05) is 6.04 Å². The van der Waals surface area contributed by atoms with Crippen LogP contribution < -0.4 is 10.6 Å². The summed E-state index contributed by atoms with van der Waals surface area (Å²) in [5.41, 5.74) is -0.715. The number of carbonyl (C=O) groups is 1. The molecular formula is C21H26ClF3N2O. The fourth-order valence-electron chi connectivity index (χ4n) is 6.41. The monoisotopic (exact) mass is 414 g/mol. The van der Waals surface area contributed by atoms with E-state index in [9.17, 15) is 18.0 Å². The van der Waals surface area contributed by atoms with Crippen LogP contribution >= 0.6 is 11.6 Å². The molecular weight excluding hydrogens is 389 g/mol. The lowest BCUT2D eigenvalue weighted by Crippen LogP contribution is -2.57. The number of amides is 2. The van der Waals surface area contributed by atoms with Gasteiger partial charge < -0.3 is 10.6 Å². The Kier molecular flexibility index (Phi) is 5.05. The summed E-state index contributed by atoms with van der Waals surface area (Å²) < 4.78 is 38.9. The van der Waals surface area contributed by atoms with Crippen molar-refractivity contribution < 1.29 is 18.0 Å². The highest BCUT2D eigenvalue weighted by Crippen LogP contribution is 2.61. The second-order valence-electron chi connectivity index (χ2n) is 9.03. The van der Waals surface area contributed by atoms with E-state index >= 15 is 0 Å². The zero-order valence-electron chi connectivity index (χ0n) is 15.9. The minimum atomic E-state index is -4.48. The Hall–Kier alpha value is -1.43. The molecule has 1 unspecified atom stereocenters. The van der Waals surface area contributed by atoms with E-state index in [2.05, 4.69) is 17.6 Å². The number of hydrogen-bond donors (Lipinski definition) is 2. The smallest absolute Gasteiger partial charge is 0.335 e. The Morgan fingerprint density at radius 3 is 2.25 bits per heavy atom. The average Bonchev–Trinajstić information content (AvgIpc) is 2.59. The first-order valence-electron chi connectivity index (χ1n) is 10.1. The third-order valence-electron chi connectivity index (χ3n) is 7.08. The number of hydrogen-bond acceptors (Lipinski definition) is 1. The van der Waals surface area contributed by atoms with Crippen molar-refractivity contribution in [1.29, 1.82) is 0 Å². The number of nitrogens with one attached hydrogen (secondary N) is 2. The van der Waals surface area contributed by atoms with Gasteiger partial charge in [0.25, 0.3) is 0 Å². The van der Waals surface area contributed by atoms with Crippen molar-refractivity contribution in [3.05, 3.63) is 28.8 Å². The van der Waals surface area contributed by atoms with Gasteiger partial charge in [-0.3, -0.25) is 0 Å². The molecule has 4 aliphatic carbocycles. The summed E-state index contributed by atoms with van der Waals surface area (Å²) >= 11 is 6.01. The third kappa shape index (κ3) is 3.72. The molecule has 4 bridgehead atoms. The van der Waals surface area contributed by atoms with Gasteiger partial charge in [-0.25, -0.2) is 4.79 Å². The van der Waals surface area contributed by atoms with Crippen LogP contribution in [0.5, 0.6) is 0 Å². The topological polar surface area (TPSA) is 41.1 Å². The van der Waals surface area contributed by atoms with E-state index in [0.717, 1.165) is 61.6 Å². The predicted octanol–water partition coefficient (Wildman–Crippen LogP) is 6.48. The maximum Gasteiger partial charge on any atom is 0.416 e. The molecule has 0 spiro atoms. The Morgan fingerprint density at radius 1 is 1.18 bits per heavy atom. The summed E-state index contributed by atoms with van der Waals surface area (Å²) in [5.74, 6) is 2.30. The van der Waals surface area contributed by atoms with E-state index in [1.54, 1.807) is 0 Å². The van der Waals surface area contributed by atoms with Crippen LogP contribution in [0.4, 0.5) is 23.7 Å². The van der Waals surface area contributed by atoms with Gasteiger partial charge in [0.15, 0.2) is 0 Å². The summed E-state index contributed by atoms with van der Waals surface area (Å²) in [6.45, 7) is 2.07. The molecule has 1 atom stereocenters. The van der Waals surface area contributed by atoms with Crippen molar-refractivity contribution in [2.45, 2.75) is 64.1 Å². The van der Waals surface area contributed by atoms with Gasteiger partial charge in [0.1, 0.15) is 0 Å². The lowest BCUT2D eigenvalue weighted by Gasteiger charge is -2.59. The molecule has 2 N–H and O–H groups in total. The number of alkyl halides is 3. The molecule has 4 aliphatic rings. The number of halogens is 4. The molecule has 0 radical (unpaired) electrons. The molecule has 1 aromatic rings. The van der Waals surface area contributed by atoms with E-state index in [4.69, 9.17) is 11.6 Å². The van der Waals surface area contributed by atoms with Gasteiger partial charge in [0.2, 0.25) is 0 Å². The van der Waals surface area contributed by atoms with Crippen LogP contribution in [0, 0.1) is 23.2 Å². The Labute approximate surface area is 168 Å². The number of benzene rings is 1. The van der Waals surface area contributed by atoms with Gasteiger partial charge in [-0.05, 0) is 86.3 Å². The predicted molar refractivity (Wildman–Crippen MR) is 103 cm³/mol. The highest BCUT2D eigenvalue weighted by molar-refractivity contribution is 6.33. The second-order valence-corrected chi connectivity index (χ2v) is 9.44. The first-order valence-corrected chi connectivity index (χ1v) is 10.5. The number of carbonyl (C=O) groups excluding carboxylic acids is 1. The third-order valence-corrected chi connectivity index (χ3v) is 7.41. The van der Waals surface area contributed by atoms with Crippen molar-refractivity contribution in [1.82, 2.24) is 5.32 Å². The van der Waals surface area contributed by atoms with Crippen LogP contribution in [0.1, 0.15) is 57.4 Å². The molecule has 3 nitrogen and oxygen atoms in total. The van der Waals surface area contributed by atoms with Gasteiger partial charge >= 0.3 is 12.2 Å². The van der Waals surface area contributed by atoms with Crippen LogP contribution in [0.2, 0.25) is 5.02 Å². The number of rotatable bonds is 4. The summed E-state index contributed by atoms with van der Waals surface area (Å²) in [4.78, 5) is 12.6. The molecule has 7 heteroatoms. The van der Waals surface area contributed by atoms with Crippen molar-refractivity contribution in [3.8, 4) is 0 Å². The van der Waals surface area contributed by atoms with Gasteiger partial charge in [-0.15, -0.1) is 0 Å². The largest absolute Gasteiger partial charge is 0.416 e. The molecule has 4 fully saturated rings. The molecule has 0 aromatic heterocycles. The van der Waals surface area contributed by atoms with Crippen LogP contribution in [0.3, 0.4) is 0 Å². The minimum absolute atomic E-state index is 0.0191. The first-order chi connectivity index (χ1) is 13.2. The van der Waals surface area contributed by atoms with E-state index in [-0.39, 0.29) is 22.2 Å². The maximum atomic E-state index is 13.0. The molecule has 4 saturated carbocycles. The molecule has 1 aromatic carbocycles. The van der Waals surface area contributed by atoms with Crippen LogP contribution in [0.15, 0.2) is 18.2 Å². The molecule has 5 rings (SSSR count). The van der Waals surface area contributed by atoms with Crippen molar-refractivity contribution in [3.63, 3.8) is 0 Å². The fraction of sp³-hybridized carbons (Fsp3) is 0.667. The van der Waals surface area contributed by atoms with E-state index < -0.39 is 17.8 Å². The van der Waals surface area contributed by atoms with E-state index in [0.29, 0.717) is 0 Å². The van der Waals surface area contributed by atoms with Crippen molar-refractivity contribution >= 4 is 23.3 Å². The fourth-order valence-corrected chi connectivity index (χ4v) is 6.57. The zero-order valence-corrected chi connectivity index (χ0v) is 16.7. The summed E-state index contributed by atoms with van der Waals surface area (Å²) in [7, 11) is 0. The molecule has 154 valence electrons. The van der Waals surface area contributed by atoms with Crippen LogP contribution in [-0.4, -0.2) is 12.1 Å². The molecule has 2 amide bonds. The maximum absolute atomic E-state index is 13.0. The van der Waals surface area contributed by atoms with Gasteiger partial charge in [-0.1, -0.05) is 18.5 Å². The van der Waals surface area contributed by atoms with E-state index in [1.807, 2.05) is 0 Å². The Bertz CT molecular complexity index is 729. The highest BCUT2D eigenvalue weighted by atomic mass is 35.5. The molecule has 0 aliphatic heterocycles. The lowest BCUT2D eigenvalue weighted by atomic mass is 9.47. The van der Waals surface area contributed by atoms with E-state index in [1.165, 1.54) is 19.3 Å². The van der Waals surface area contributed by atoms with Crippen LogP contribution in [-0.2, 0) is 6.18 Å². The Morgan fingerprint density at radius 2 is 1.75 bits per heavy atom. The molecule has 0 heterocycles. The first kappa shape index (κ1) is 19.9. The second kappa shape index (κ2) is 7.12. The van der Waals surface area contributed by atoms with Crippen molar-refractivity contribution in [2.24, 2.45) is 23.2 Å². The van der Waals surface area contributed by atoms with Crippen LogP contribution in [0.25, 0.3) is 0 Å². The lowest BCUT2D eigenvalue weighted by molar-refractivity contribution is -0.137. The summed E-state index contributed by atoms with van der Waals surface area (Å²) in [6.07, 6.45) is 3.76.